The summed E-state index contributed by atoms with van der Waals surface area (Å²) in [4.78, 5) is 0. The summed E-state index contributed by atoms with van der Waals surface area (Å²) in [6.45, 7) is 6.71. The summed E-state index contributed by atoms with van der Waals surface area (Å²) in [6, 6.07) is 6.42. The fourth-order valence-electron chi connectivity index (χ4n) is 2.45. The lowest BCUT2D eigenvalue weighted by molar-refractivity contribution is 0.616. The van der Waals surface area contributed by atoms with Crippen LogP contribution < -0.4 is 5.32 Å². The van der Waals surface area contributed by atoms with Gasteiger partial charge in [0, 0.05) is 23.7 Å². The Morgan fingerprint density at radius 3 is 2.70 bits per heavy atom. The number of halogens is 1. The van der Waals surface area contributed by atoms with E-state index in [1.54, 1.807) is 12.1 Å². The summed E-state index contributed by atoms with van der Waals surface area (Å²) >= 11 is 0. The van der Waals surface area contributed by atoms with E-state index in [-0.39, 0.29) is 5.82 Å². The molecule has 0 aliphatic rings. The first-order valence-electron chi connectivity index (χ1n) is 6.73. The van der Waals surface area contributed by atoms with Crippen LogP contribution in [0, 0.1) is 12.7 Å². The third-order valence-electron chi connectivity index (χ3n) is 3.47. The molecule has 1 heterocycles. The van der Waals surface area contributed by atoms with Crippen molar-refractivity contribution >= 4 is 0 Å². The van der Waals surface area contributed by atoms with Gasteiger partial charge in [-0.3, -0.25) is 5.10 Å². The van der Waals surface area contributed by atoms with E-state index in [9.17, 15) is 4.39 Å². The van der Waals surface area contributed by atoms with E-state index in [4.69, 9.17) is 0 Å². The number of allylic oxidation sites excluding steroid dienone is 1. The van der Waals surface area contributed by atoms with Crippen molar-refractivity contribution in [2.45, 2.75) is 19.3 Å². The maximum Gasteiger partial charge on any atom is 0.123 e. The molecule has 1 atom stereocenters. The average molecular weight is 273 g/mol. The minimum atomic E-state index is -0.234. The van der Waals surface area contributed by atoms with Crippen molar-refractivity contribution in [3.05, 3.63) is 54.0 Å². The van der Waals surface area contributed by atoms with Gasteiger partial charge in [0.15, 0.2) is 0 Å². The molecule has 1 aromatic heterocycles. The maximum absolute atomic E-state index is 13.0. The van der Waals surface area contributed by atoms with Crippen molar-refractivity contribution in [1.82, 2.24) is 15.5 Å². The minimum absolute atomic E-state index is 0.234. The van der Waals surface area contributed by atoms with Gasteiger partial charge >= 0.3 is 0 Å². The summed E-state index contributed by atoms with van der Waals surface area (Å²) < 4.78 is 13.0. The Labute approximate surface area is 118 Å². The lowest BCUT2D eigenvalue weighted by Gasteiger charge is -2.13. The van der Waals surface area contributed by atoms with Crippen LogP contribution in [0.1, 0.15) is 23.6 Å². The summed E-state index contributed by atoms with van der Waals surface area (Å²) in [5.74, 6) is 0.0843. The molecule has 1 unspecified atom stereocenters. The molecule has 0 aliphatic carbocycles. The lowest BCUT2D eigenvalue weighted by Crippen LogP contribution is -2.17. The van der Waals surface area contributed by atoms with Gasteiger partial charge in [-0.1, -0.05) is 6.08 Å². The largest absolute Gasteiger partial charge is 0.319 e. The average Bonchev–Trinajstić information content (AvgIpc) is 2.81. The normalized spacial score (nSPS) is 12.3. The SMILES string of the molecule is C=CCC(CNC)c1[nH]nc(-c2ccc(F)cc2)c1C. The van der Waals surface area contributed by atoms with Gasteiger partial charge in [-0.25, -0.2) is 4.39 Å². The number of rotatable bonds is 6. The summed E-state index contributed by atoms with van der Waals surface area (Å²) in [5.41, 5.74) is 4.02. The smallest absolute Gasteiger partial charge is 0.123 e. The van der Waals surface area contributed by atoms with Crippen molar-refractivity contribution < 1.29 is 4.39 Å². The van der Waals surface area contributed by atoms with Crippen molar-refractivity contribution in [1.29, 1.82) is 0 Å². The molecule has 2 aromatic rings. The second kappa shape index (κ2) is 6.48. The van der Waals surface area contributed by atoms with Gasteiger partial charge in [0.25, 0.3) is 0 Å². The summed E-state index contributed by atoms with van der Waals surface area (Å²) in [6.07, 6.45) is 2.80. The van der Waals surface area contributed by atoms with E-state index < -0.39 is 0 Å². The van der Waals surface area contributed by atoms with Gasteiger partial charge < -0.3 is 5.32 Å². The Morgan fingerprint density at radius 1 is 1.40 bits per heavy atom. The van der Waals surface area contributed by atoms with Crippen LogP contribution in [0.3, 0.4) is 0 Å². The van der Waals surface area contributed by atoms with Crippen LogP contribution >= 0.6 is 0 Å². The summed E-state index contributed by atoms with van der Waals surface area (Å²) in [7, 11) is 1.93. The van der Waals surface area contributed by atoms with Crippen molar-refractivity contribution in [2.75, 3.05) is 13.6 Å². The number of benzene rings is 1. The maximum atomic E-state index is 13.0. The molecule has 0 fully saturated rings. The first-order chi connectivity index (χ1) is 9.67. The molecule has 20 heavy (non-hydrogen) atoms. The van der Waals surface area contributed by atoms with E-state index in [1.165, 1.54) is 12.1 Å². The molecule has 3 nitrogen and oxygen atoms in total. The van der Waals surface area contributed by atoms with E-state index in [0.717, 1.165) is 35.5 Å². The second-order valence-corrected chi connectivity index (χ2v) is 4.90. The van der Waals surface area contributed by atoms with Crippen LogP contribution in [0.4, 0.5) is 4.39 Å². The lowest BCUT2D eigenvalue weighted by atomic mass is 9.96. The number of nitrogens with one attached hydrogen (secondary N) is 2. The number of nitrogens with zero attached hydrogens (tertiary/aromatic N) is 1. The molecule has 4 heteroatoms. The minimum Gasteiger partial charge on any atom is -0.319 e. The number of likely N-dealkylation sites (N-methyl/N-ethyl adjacent to an activating group) is 1. The van der Waals surface area contributed by atoms with Crippen LogP contribution in [-0.4, -0.2) is 23.8 Å². The van der Waals surface area contributed by atoms with Gasteiger partial charge in [-0.2, -0.15) is 5.10 Å². The molecule has 0 amide bonds. The number of hydrogen-bond acceptors (Lipinski definition) is 2. The van der Waals surface area contributed by atoms with E-state index in [2.05, 4.69) is 22.1 Å². The number of hydrogen-bond donors (Lipinski definition) is 2. The van der Waals surface area contributed by atoms with E-state index >= 15 is 0 Å². The Balaban J connectivity index is 2.34. The van der Waals surface area contributed by atoms with Gasteiger partial charge in [0.2, 0.25) is 0 Å². The Morgan fingerprint density at radius 2 is 2.10 bits per heavy atom. The molecule has 0 aliphatic heterocycles. The zero-order valence-electron chi connectivity index (χ0n) is 11.9. The standard InChI is InChI=1S/C16H20FN3/c1-4-5-13(10-18-3)16-11(2)15(19-20-16)12-6-8-14(17)9-7-12/h4,6-9,13,18H,1,5,10H2,2-3H3,(H,19,20). The first kappa shape index (κ1) is 14.5. The molecule has 1 aromatic carbocycles. The van der Waals surface area contributed by atoms with Crippen LogP contribution in [-0.2, 0) is 0 Å². The van der Waals surface area contributed by atoms with E-state index in [1.807, 2.05) is 20.0 Å². The van der Waals surface area contributed by atoms with Crippen LogP contribution in [0.2, 0.25) is 0 Å². The van der Waals surface area contributed by atoms with Crippen molar-refractivity contribution in [3.63, 3.8) is 0 Å². The Kier molecular flexibility index (Phi) is 4.69. The van der Waals surface area contributed by atoms with Crippen molar-refractivity contribution in [3.8, 4) is 11.3 Å². The van der Waals surface area contributed by atoms with Crippen LogP contribution in [0.25, 0.3) is 11.3 Å². The number of aromatic nitrogens is 2. The predicted octanol–water partition coefficient (Wildman–Crippen LogP) is 3.40. The zero-order valence-corrected chi connectivity index (χ0v) is 11.9. The molecule has 0 bridgehead atoms. The molecule has 0 saturated heterocycles. The molecule has 2 rings (SSSR count). The second-order valence-electron chi connectivity index (χ2n) is 4.90. The Hall–Kier alpha value is -1.94. The highest BCUT2D eigenvalue weighted by Gasteiger charge is 2.18. The predicted molar refractivity (Wildman–Crippen MR) is 80.2 cm³/mol. The zero-order chi connectivity index (χ0) is 14.5. The molecule has 0 radical (unpaired) electrons. The highest BCUT2D eigenvalue weighted by atomic mass is 19.1. The number of aromatic amines is 1. The highest BCUT2D eigenvalue weighted by molar-refractivity contribution is 5.63. The molecule has 2 N–H and O–H groups in total. The Bertz CT molecular complexity index is 572. The van der Waals surface area contributed by atoms with Gasteiger partial charge in [-0.05, 0) is 50.2 Å². The molecular formula is C16H20FN3. The van der Waals surface area contributed by atoms with Crippen LogP contribution in [0.5, 0.6) is 0 Å². The van der Waals surface area contributed by atoms with Gasteiger partial charge in [0.1, 0.15) is 5.82 Å². The quantitative estimate of drug-likeness (QED) is 0.792. The number of H-pyrrole nitrogens is 1. The fourth-order valence-corrected chi connectivity index (χ4v) is 2.45. The van der Waals surface area contributed by atoms with Crippen molar-refractivity contribution in [2.24, 2.45) is 0 Å². The van der Waals surface area contributed by atoms with Crippen LogP contribution in [0.15, 0.2) is 36.9 Å². The highest BCUT2D eigenvalue weighted by Crippen LogP contribution is 2.28. The van der Waals surface area contributed by atoms with E-state index in [0.29, 0.717) is 5.92 Å². The first-order valence-corrected chi connectivity index (χ1v) is 6.73. The monoisotopic (exact) mass is 273 g/mol. The fraction of sp³-hybridized carbons (Fsp3) is 0.312. The summed E-state index contributed by atoms with van der Waals surface area (Å²) in [5, 5.41) is 10.7. The third-order valence-corrected chi connectivity index (χ3v) is 3.47. The topological polar surface area (TPSA) is 40.7 Å². The molecule has 0 saturated carbocycles. The van der Waals surface area contributed by atoms with Gasteiger partial charge in [0.05, 0.1) is 5.69 Å². The molecular weight excluding hydrogens is 253 g/mol. The van der Waals surface area contributed by atoms with Gasteiger partial charge in [-0.15, -0.1) is 6.58 Å². The third kappa shape index (κ3) is 2.96. The molecule has 106 valence electrons. The molecule has 0 spiro atoms.